The number of nitrogen functional groups attached to an aromatic ring is 1. The number of likely N-dealkylation sites (tertiary alicyclic amines) is 1. The Morgan fingerprint density at radius 3 is 2.53 bits per heavy atom. The van der Waals surface area contributed by atoms with Gasteiger partial charge in [-0.25, -0.2) is 4.31 Å². The fraction of sp³-hybridized carbons (Fsp3) is 0.346. The second-order valence-corrected chi connectivity index (χ2v) is 10.6. The summed E-state index contributed by atoms with van der Waals surface area (Å²) in [5.41, 5.74) is 6.98. The minimum atomic E-state index is -4.47. The normalized spacial score (nSPS) is 14.3. The van der Waals surface area contributed by atoms with Crippen molar-refractivity contribution in [3.63, 3.8) is 0 Å². The number of nitrogens with zero attached hydrogens (tertiary/aromatic N) is 2. The number of piperidine rings is 1. The van der Waals surface area contributed by atoms with Crippen LogP contribution in [0, 0.1) is 10.8 Å². The number of anilines is 1. The highest BCUT2D eigenvalue weighted by Gasteiger charge is 2.27. The Labute approximate surface area is 228 Å². The van der Waals surface area contributed by atoms with Crippen molar-refractivity contribution in [2.75, 3.05) is 23.9 Å². The molecule has 10 nitrogen and oxygen atoms in total. The average molecular weight is 562 g/mol. The lowest BCUT2D eigenvalue weighted by molar-refractivity contribution is -0.131. The second kappa shape index (κ2) is 12.8. The fourth-order valence-electron chi connectivity index (χ4n) is 4.00. The number of halogens is 1. The predicted molar refractivity (Wildman–Crippen MR) is 149 cm³/mol. The summed E-state index contributed by atoms with van der Waals surface area (Å²) in [6, 6.07) is 11.5. The molecule has 2 aromatic carbocycles. The van der Waals surface area contributed by atoms with Crippen molar-refractivity contribution in [2.24, 2.45) is 5.73 Å². The van der Waals surface area contributed by atoms with E-state index in [4.69, 9.17) is 32.9 Å². The number of carbonyl (C=O) groups excluding carboxylic acids is 1. The zero-order valence-electron chi connectivity index (χ0n) is 21.3. The number of benzene rings is 2. The Hall–Kier alpha value is -3.57. The first-order valence-corrected chi connectivity index (χ1v) is 13.9. The minimum Gasteiger partial charge on any atom is -0.489 e. The molecule has 0 atom stereocenters. The maximum atomic E-state index is 12.9. The van der Waals surface area contributed by atoms with Crippen LogP contribution in [0.25, 0.3) is 6.08 Å². The summed E-state index contributed by atoms with van der Waals surface area (Å²) >= 11 is 6.48. The van der Waals surface area contributed by atoms with Gasteiger partial charge in [0.25, 0.3) is 0 Å². The van der Waals surface area contributed by atoms with Gasteiger partial charge in [0.15, 0.2) is 0 Å². The lowest BCUT2D eigenvalue weighted by atomic mass is 10.1. The van der Waals surface area contributed by atoms with E-state index in [1.165, 1.54) is 12.1 Å². The number of hydrogen-bond acceptors (Lipinski definition) is 7. The third-order valence-corrected chi connectivity index (χ3v) is 7.57. The van der Waals surface area contributed by atoms with Crippen molar-refractivity contribution in [2.45, 2.75) is 39.2 Å². The van der Waals surface area contributed by atoms with Gasteiger partial charge in [0.1, 0.15) is 17.7 Å². The molecule has 0 aliphatic carbocycles. The number of carbonyl (C=O) groups is 1. The third-order valence-electron chi connectivity index (χ3n) is 5.93. The van der Waals surface area contributed by atoms with E-state index in [0.717, 1.165) is 37.2 Å². The van der Waals surface area contributed by atoms with Crippen LogP contribution in [-0.2, 0) is 19.3 Å². The molecule has 1 saturated heterocycles. The van der Waals surface area contributed by atoms with Gasteiger partial charge in [-0.2, -0.15) is 8.42 Å². The van der Waals surface area contributed by atoms with Crippen LogP contribution in [-0.4, -0.2) is 56.7 Å². The molecule has 12 heteroatoms. The van der Waals surface area contributed by atoms with E-state index in [1.54, 1.807) is 42.5 Å². The smallest absolute Gasteiger partial charge is 0.412 e. The van der Waals surface area contributed by atoms with Crippen LogP contribution in [0.4, 0.5) is 5.69 Å². The van der Waals surface area contributed by atoms with Gasteiger partial charge in [-0.15, -0.1) is 0 Å². The van der Waals surface area contributed by atoms with Crippen LogP contribution in [0.5, 0.6) is 5.75 Å². The largest absolute Gasteiger partial charge is 0.489 e. The van der Waals surface area contributed by atoms with E-state index in [9.17, 15) is 13.2 Å². The fourth-order valence-corrected chi connectivity index (χ4v) is 5.25. The SMILES string of the molecule is CCC(=N)N1CCC(Oc2ccc(N(C/C=C/c3cccc(C(=N)N)c3)S(=O)(=O)OC(C)=O)cc2Cl)CC1. The first kappa shape index (κ1) is 29.0. The molecule has 1 heterocycles. The van der Waals surface area contributed by atoms with E-state index >= 15 is 0 Å². The molecule has 1 aliphatic heterocycles. The molecular weight excluding hydrogens is 530 g/mol. The molecule has 3 rings (SSSR count). The lowest BCUT2D eigenvalue weighted by Crippen LogP contribution is -2.41. The maximum absolute atomic E-state index is 12.9. The summed E-state index contributed by atoms with van der Waals surface area (Å²) in [4.78, 5) is 13.5. The Kier molecular flexibility index (Phi) is 9.76. The molecule has 1 fully saturated rings. The molecule has 0 aromatic heterocycles. The number of nitrogens with two attached hydrogens (primary N) is 1. The van der Waals surface area contributed by atoms with Gasteiger partial charge in [-0.1, -0.05) is 48.9 Å². The molecule has 0 spiro atoms. The van der Waals surface area contributed by atoms with Gasteiger partial charge in [0.2, 0.25) is 0 Å². The van der Waals surface area contributed by atoms with E-state index in [0.29, 0.717) is 29.1 Å². The summed E-state index contributed by atoms with van der Waals surface area (Å²) in [5, 5.41) is 15.8. The molecule has 2 aromatic rings. The summed E-state index contributed by atoms with van der Waals surface area (Å²) in [5.74, 6) is -0.0229. The molecule has 0 unspecified atom stereocenters. The number of ether oxygens (including phenoxy) is 1. The first-order chi connectivity index (χ1) is 18.0. The molecule has 0 radical (unpaired) electrons. The van der Waals surface area contributed by atoms with Crippen LogP contribution in [0.15, 0.2) is 48.5 Å². The Morgan fingerprint density at radius 2 is 1.92 bits per heavy atom. The number of nitrogens with one attached hydrogen (secondary N) is 2. The topological polar surface area (TPSA) is 150 Å². The Morgan fingerprint density at radius 1 is 1.21 bits per heavy atom. The minimum absolute atomic E-state index is 0.0752. The Bertz CT molecular complexity index is 1320. The van der Waals surface area contributed by atoms with Gasteiger partial charge in [-0.3, -0.25) is 15.6 Å². The number of rotatable bonds is 10. The molecule has 4 N–H and O–H groups in total. The van der Waals surface area contributed by atoms with Crippen molar-refractivity contribution in [1.82, 2.24) is 4.90 Å². The summed E-state index contributed by atoms with van der Waals surface area (Å²) < 4.78 is 37.3. The van der Waals surface area contributed by atoms with Crippen LogP contribution in [0.1, 0.15) is 44.2 Å². The van der Waals surface area contributed by atoms with Crippen LogP contribution in [0.2, 0.25) is 5.02 Å². The molecule has 0 saturated carbocycles. The third kappa shape index (κ3) is 7.72. The average Bonchev–Trinajstić information content (AvgIpc) is 2.87. The summed E-state index contributed by atoms with van der Waals surface area (Å²) in [6.45, 7) is 4.26. The molecule has 1 aliphatic rings. The first-order valence-electron chi connectivity index (χ1n) is 12.1. The van der Waals surface area contributed by atoms with Crippen molar-refractivity contribution < 1.29 is 22.1 Å². The monoisotopic (exact) mass is 561 g/mol. The highest BCUT2D eigenvalue weighted by Crippen LogP contribution is 2.33. The zero-order valence-corrected chi connectivity index (χ0v) is 22.9. The predicted octanol–water partition coefficient (Wildman–Crippen LogP) is 4.18. The van der Waals surface area contributed by atoms with E-state index < -0.39 is 16.3 Å². The maximum Gasteiger partial charge on any atom is 0.412 e. The van der Waals surface area contributed by atoms with E-state index in [-0.39, 0.29) is 29.2 Å². The van der Waals surface area contributed by atoms with Gasteiger partial charge in [0.05, 0.1) is 23.1 Å². The number of hydrogen-bond donors (Lipinski definition) is 3. The summed E-state index contributed by atoms with van der Waals surface area (Å²) in [6.07, 6.45) is 5.35. The summed E-state index contributed by atoms with van der Waals surface area (Å²) in [7, 11) is -4.47. The second-order valence-electron chi connectivity index (χ2n) is 8.72. The van der Waals surface area contributed by atoms with Gasteiger partial charge < -0.3 is 19.6 Å². The van der Waals surface area contributed by atoms with Crippen LogP contribution in [0.3, 0.4) is 0 Å². The van der Waals surface area contributed by atoms with Gasteiger partial charge >= 0.3 is 16.3 Å². The highest BCUT2D eigenvalue weighted by atomic mass is 35.5. The molecule has 0 amide bonds. The molecule has 38 heavy (non-hydrogen) atoms. The molecule has 0 bridgehead atoms. The van der Waals surface area contributed by atoms with E-state index in [2.05, 4.69) is 4.18 Å². The molecular formula is C26H32ClN5O5S. The van der Waals surface area contributed by atoms with Gasteiger partial charge in [-0.05, 0) is 29.8 Å². The lowest BCUT2D eigenvalue weighted by Gasteiger charge is -2.33. The Balaban J connectivity index is 1.78. The van der Waals surface area contributed by atoms with Crippen LogP contribution >= 0.6 is 11.6 Å². The van der Waals surface area contributed by atoms with E-state index in [1.807, 2.05) is 11.8 Å². The van der Waals surface area contributed by atoms with Gasteiger partial charge in [0, 0.05) is 44.8 Å². The number of amidine groups is 2. The highest BCUT2D eigenvalue weighted by molar-refractivity contribution is 7.88. The van der Waals surface area contributed by atoms with Crippen molar-refractivity contribution in [3.8, 4) is 5.75 Å². The van der Waals surface area contributed by atoms with Crippen molar-refractivity contribution in [1.29, 1.82) is 10.8 Å². The standard InChI is InChI=1S/C26H32ClN5O5S/c1-3-25(28)31-14-11-22(12-15-31)36-24-10-9-21(17-23(24)27)32(38(34,35)37-18(2)33)13-5-7-19-6-4-8-20(16-19)26(29)30/h4-10,16-17,22,28H,3,11-15H2,1-2H3,(H3,29,30)/b7-5+,28-25?. The zero-order chi connectivity index (χ0) is 27.9. The quantitative estimate of drug-likeness (QED) is 0.291. The van der Waals surface area contributed by atoms with Crippen molar-refractivity contribution in [3.05, 3.63) is 64.7 Å². The van der Waals surface area contributed by atoms with Crippen LogP contribution < -0.4 is 14.8 Å². The van der Waals surface area contributed by atoms with Crippen molar-refractivity contribution >= 4 is 51.3 Å². The molecule has 204 valence electrons.